The standard InChI is InChI=1S/C19H20N2O2S/c1-5-13-8-6-9-14(12-13)20-17(22)18(23)21-16(19(2,3)4)15-10-7-11-24-15/h1,6-12,16H,2-4H3,(H,20,22)(H,21,23). The first-order chi connectivity index (χ1) is 11.3. The third-order valence-corrected chi connectivity index (χ3v) is 4.40. The number of hydrogen-bond acceptors (Lipinski definition) is 3. The van der Waals surface area contributed by atoms with Crippen LogP contribution in [0.5, 0.6) is 0 Å². The fourth-order valence-corrected chi connectivity index (χ4v) is 3.26. The van der Waals surface area contributed by atoms with Gasteiger partial charge >= 0.3 is 11.8 Å². The molecule has 2 rings (SSSR count). The second-order valence-electron chi connectivity index (χ2n) is 6.47. The maximum absolute atomic E-state index is 12.3. The maximum Gasteiger partial charge on any atom is 0.313 e. The molecule has 2 N–H and O–H groups in total. The number of carbonyl (C=O) groups is 2. The largest absolute Gasteiger partial charge is 0.340 e. The smallest absolute Gasteiger partial charge is 0.313 e. The highest BCUT2D eigenvalue weighted by Crippen LogP contribution is 2.35. The molecule has 2 amide bonds. The van der Waals surface area contributed by atoms with Crippen LogP contribution in [0, 0.1) is 17.8 Å². The lowest BCUT2D eigenvalue weighted by Crippen LogP contribution is -2.42. The van der Waals surface area contributed by atoms with E-state index in [2.05, 4.69) is 16.6 Å². The van der Waals surface area contributed by atoms with E-state index in [0.717, 1.165) is 4.88 Å². The number of benzene rings is 1. The number of carbonyl (C=O) groups excluding carboxylic acids is 2. The molecule has 5 heteroatoms. The summed E-state index contributed by atoms with van der Waals surface area (Å²) in [5, 5.41) is 7.35. The van der Waals surface area contributed by atoms with E-state index in [0.29, 0.717) is 11.3 Å². The molecule has 1 unspecified atom stereocenters. The molecule has 0 spiro atoms. The Morgan fingerprint density at radius 2 is 1.92 bits per heavy atom. The minimum absolute atomic E-state index is 0.218. The third-order valence-electron chi connectivity index (χ3n) is 3.46. The molecule has 0 aliphatic heterocycles. The second-order valence-corrected chi connectivity index (χ2v) is 7.45. The van der Waals surface area contributed by atoms with Crippen molar-refractivity contribution in [2.75, 3.05) is 5.32 Å². The average molecular weight is 340 g/mol. The highest BCUT2D eigenvalue weighted by atomic mass is 32.1. The number of anilines is 1. The lowest BCUT2D eigenvalue weighted by Gasteiger charge is -2.30. The molecular formula is C19H20N2O2S. The molecule has 24 heavy (non-hydrogen) atoms. The van der Waals surface area contributed by atoms with E-state index in [9.17, 15) is 9.59 Å². The van der Waals surface area contributed by atoms with Crippen molar-refractivity contribution in [1.29, 1.82) is 0 Å². The van der Waals surface area contributed by atoms with Gasteiger partial charge in [-0.25, -0.2) is 0 Å². The van der Waals surface area contributed by atoms with Crippen molar-refractivity contribution in [2.45, 2.75) is 26.8 Å². The molecule has 0 bridgehead atoms. The topological polar surface area (TPSA) is 58.2 Å². The van der Waals surface area contributed by atoms with E-state index in [1.807, 2.05) is 38.3 Å². The number of rotatable bonds is 3. The van der Waals surface area contributed by atoms with Gasteiger partial charge in [-0.1, -0.05) is 38.8 Å². The van der Waals surface area contributed by atoms with Gasteiger partial charge in [0.15, 0.2) is 0 Å². The average Bonchev–Trinajstić information content (AvgIpc) is 3.05. The molecule has 2 aromatic rings. The Morgan fingerprint density at radius 3 is 2.50 bits per heavy atom. The van der Waals surface area contributed by atoms with Gasteiger partial charge < -0.3 is 10.6 Å². The third kappa shape index (κ3) is 4.46. The van der Waals surface area contributed by atoms with Crippen LogP contribution in [-0.2, 0) is 9.59 Å². The van der Waals surface area contributed by atoms with Crippen molar-refractivity contribution in [2.24, 2.45) is 5.41 Å². The summed E-state index contributed by atoms with van der Waals surface area (Å²) >= 11 is 1.55. The molecule has 1 atom stereocenters. The van der Waals surface area contributed by atoms with Crippen LogP contribution in [0.4, 0.5) is 5.69 Å². The van der Waals surface area contributed by atoms with Crippen LogP contribution in [0.3, 0.4) is 0 Å². The van der Waals surface area contributed by atoms with Crippen molar-refractivity contribution >= 4 is 28.8 Å². The maximum atomic E-state index is 12.3. The molecule has 0 aliphatic rings. The van der Waals surface area contributed by atoms with Crippen molar-refractivity contribution < 1.29 is 9.59 Å². The highest BCUT2D eigenvalue weighted by Gasteiger charge is 2.30. The van der Waals surface area contributed by atoms with E-state index in [4.69, 9.17) is 6.42 Å². The van der Waals surface area contributed by atoms with Gasteiger partial charge in [-0.05, 0) is 35.1 Å². The predicted octanol–water partition coefficient (Wildman–Crippen LogP) is 3.57. The van der Waals surface area contributed by atoms with Gasteiger partial charge in [-0.3, -0.25) is 9.59 Å². The fourth-order valence-electron chi connectivity index (χ4n) is 2.24. The summed E-state index contributed by atoms with van der Waals surface area (Å²) in [4.78, 5) is 25.5. The van der Waals surface area contributed by atoms with Crippen LogP contribution in [0.1, 0.15) is 37.3 Å². The Morgan fingerprint density at radius 1 is 1.17 bits per heavy atom. The number of hydrogen-bond donors (Lipinski definition) is 2. The first kappa shape index (κ1) is 17.8. The van der Waals surface area contributed by atoms with E-state index in [-0.39, 0.29) is 11.5 Å². The van der Waals surface area contributed by atoms with Gasteiger partial charge in [0.1, 0.15) is 0 Å². The SMILES string of the molecule is C#Cc1cccc(NC(=O)C(=O)NC(c2cccs2)C(C)(C)C)c1. The van der Waals surface area contributed by atoms with E-state index < -0.39 is 11.8 Å². The Labute approximate surface area is 146 Å². The molecule has 1 aromatic heterocycles. The fraction of sp³-hybridized carbons (Fsp3) is 0.263. The molecule has 0 saturated carbocycles. The molecule has 0 radical (unpaired) electrons. The Bertz CT molecular complexity index is 767. The minimum atomic E-state index is -0.713. The van der Waals surface area contributed by atoms with Crippen LogP contribution in [-0.4, -0.2) is 11.8 Å². The number of terminal acetylenes is 1. The first-order valence-electron chi connectivity index (χ1n) is 7.53. The van der Waals surface area contributed by atoms with Crippen molar-refractivity contribution in [3.05, 3.63) is 52.2 Å². The van der Waals surface area contributed by atoms with Gasteiger partial charge in [-0.15, -0.1) is 17.8 Å². The molecule has 4 nitrogen and oxygen atoms in total. The molecular weight excluding hydrogens is 320 g/mol. The quantitative estimate of drug-likeness (QED) is 0.663. The summed E-state index contributed by atoms with van der Waals surface area (Å²) in [7, 11) is 0. The summed E-state index contributed by atoms with van der Waals surface area (Å²) in [5.41, 5.74) is 0.915. The summed E-state index contributed by atoms with van der Waals surface area (Å²) in [6.45, 7) is 6.06. The normalized spacial score (nSPS) is 12.1. The summed E-state index contributed by atoms with van der Waals surface area (Å²) in [5.74, 6) is 1.11. The van der Waals surface area contributed by atoms with Crippen LogP contribution in [0.15, 0.2) is 41.8 Å². The van der Waals surface area contributed by atoms with Crippen molar-refractivity contribution in [3.8, 4) is 12.3 Å². The Kier molecular flexibility index (Phi) is 5.42. The lowest BCUT2D eigenvalue weighted by atomic mass is 9.85. The summed E-state index contributed by atoms with van der Waals surface area (Å²) < 4.78 is 0. The molecule has 0 fully saturated rings. The zero-order chi connectivity index (χ0) is 17.7. The van der Waals surface area contributed by atoms with E-state index in [1.165, 1.54) is 0 Å². The summed E-state index contributed by atoms with van der Waals surface area (Å²) in [6.07, 6.45) is 5.34. The van der Waals surface area contributed by atoms with Gasteiger partial charge in [0.25, 0.3) is 0 Å². The van der Waals surface area contributed by atoms with Gasteiger partial charge in [0, 0.05) is 16.1 Å². The van der Waals surface area contributed by atoms with Crippen LogP contribution in [0.25, 0.3) is 0 Å². The Balaban J connectivity index is 2.09. The van der Waals surface area contributed by atoms with Gasteiger partial charge in [-0.2, -0.15) is 0 Å². The second kappa shape index (κ2) is 7.33. The van der Waals surface area contributed by atoms with Crippen molar-refractivity contribution in [3.63, 3.8) is 0 Å². The monoisotopic (exact) mass is 340 g/mol. The zero-order valence-electron chi connectivity index (χ0n) is 13.9. The molecule has 1 heterocycles. The van der Waals surface area contributed by atoms with Gasteiger partial charge in [0.05, 0.1) is 6.04 Å². The van der Waals surface area contributed by atoms with Crippen LogP contribution in [0.2, 0.25) is 0 Å². The molecule has 1 aromatic carbocycles. The highest BCUT2D eigenvalue weighted by molar-refractivity contribution is 7.10. The number of amides is 2. The summed E-state index contributed by atoms with van der Waals surface area (Å²) in [6, 6.07) is 10.4. The first-order valence-corrected chi connectivity index (χ1v) is 8.41. The van der Waals surface area contributed by atoms with E-state index in [1.54, 1.807) is 35.6 Å². The zero-order valence-corrected chi connectivity index (χ0v) is 14.7. The molecule has 124 valence electrons. The number of nitrogens with one attached hydrogen (secondary N) is 2. The minimum Gasteiger partial charge on any atom is -0.340 e. The van der Waals surface area contributed by atoms with Crippen molar-refractivity contribution in [1.82, 2.24) is 5.32 Å². The Hall–Kier alpha value is -2.58. The lowest BCUT2D eigenvalue weighted by molar-refractivity contribution is -0.137. The van der Waals surface area contributed by atoms with Crippen LogP contribution >= 0.6 is 11.3 Å². The predicted molar refractivity (Wildman–Crippen MR) is 97.7 cm³/mol. The van der Waals surface area contributed by atoms with Crippen LogP contribution < -0.4 is 10.6 Å². The number of thiophene rings is 1. The van der Waals surface area contributed by atoms with Gasteiger partial charge in [0.2, 0.25) is 0 Å². The van der Waals surface area contributed by atoms with E-state index >= 15 is 0 Å². The molecule has 0 saturated heterocycles. The molecule has 0 aliphatic carbocycles.